The first-order valence-electron chi connectivity index (χ1n) is 14.2. The lowest BCUT2D eigenvalue weighted by atomic mass is 10.1. The van der Waals surface area contributed by atoms with Crippen molar-refractivity contribution in [2.75, 3.05) is 12.4 Å². The molecule has 0 amide bonds. The lowest BCUT2D eigenvalue weighted by molar-refractivity contribution is -0.432. The van der Waals surface area contributed by atoms with E-state index in [0.717, 1.165) is 11.4 Å². The quantitative estimate of drug-likeness (QED) is 0.0283. The number of nitrogens with one attached hydrogen (secondary N) is 1. The predicted molar refractivity (Wildman–Crippen MR) is 183 cm³/mol. The summed E-state index contributed by atoms with van der Waals surface area (Å²) in [6.45, 7) is 0. The van der Waals surface area contributed by atoms with Crippen molar-refractivity contribution >= 4 is 77.8 Å². The molecular formula is C33H25N5O9S2. The van der Waals surface area contributed by atoms with Crippen LogP contribution in [0.25, 0.3) is 21.5 Å². The Kier molecular flexibility index (Phi) is 9.68. The molecule has 0 aliphatic rings. The third-order valence-electron chi connectivity index (χ3n) is 7.18. The zero-order chi connectivity index (χ0) is 34.5. The Morgan fingerprint density at radius 1 is 0.735 bits per heavy atom. The average Bonchev–Trinajstić information content (AvgIpc) is 3.09. The number of methoxy groups -OCH3 is 1. The number of rotatable bonds is 11. The first-order valence-corrected chi connectivity index (χ1v) is 16.3. The normalized spacial score (nSPS) is 12.0. The fourth-order valence-corrected chi connectivity index (χ4v) is 6.13. The van der Waals surface area contributed by atoms with Crippen molar-refractivity contribution in [1.29, 1.82) is 0 Å². The summed E-state index contributed by atoms with van der Waals surface area (Å²) in [4.78, 5) is -0.0460. The summed E-state index contributed by atoms with van der Waals surface area (Å²) in [5.41, 5.74) is 1.91. The minimum Gasteiger partial charge on any atom is -0.506 e. The second kappa shape index (κ2) is 14.2. The Morgan fingerprint density at radius 3 is 2.29 bits per heavy atom. The number of phenols is 2. The molecule has 49 heavy (non-hydrogen) atoms. The number of ether oxygens (including phenoxy) is 1. The van der Waals surface area contributed by atoms with Crippen LogP contribution in [-0.4, -0.2) is 35.6 Å². The minimum atomic E-state index is -4.48. The van der Waals surface area contributed by atoms with Gasteiger partial charge in [0.15, 0.2) is 5.75 Å². The molecule has 0 radical (unpaired) electrons. The Bertz CT molecular complexity index is 2360. The Balaban J connectivity index is 1.31. The number of hydrogen-bond acceptors (Lipinski definition) is 14. The van der Waals surface area contributed by atoms with Gasteiger partial charge in [0.05, 0.1) is 29.7 Å². The van der Waals surface area contributed by atoms with Crippen LogP contribution >= 0.6 is 12.0 Å². The van der Waals surface area contributed by atoms with Crippen molar-refractivity contribution in [2.45, 2.75) is 9.79 Å². The molecule has 0 aromatic heterocycles. The van der Waals surface area contributed by atoms with E-state index in [2.05, 4.69) is 35.1 Å². The maximum atomic E-state index is 11.8. The molecule has 0 aliphatic heterocycles. The highest BCUT2D eigenvalue weighted by Crippen LogP contribution is 2.46. The number of fused-ring (bicyclic) bond motifs is 2. The van der Waals surface area contributed by atoms with E-state index in [0.29, 0.717) is 28.2 Å². The minimum absolute atomic E-state index is 0.0407. The van der Waals surface area contributed by atoms with Gasteiger partial charge in [0.2, 0.25) is 0 Å². The summed E-state index contributed by atoms with van der Waals surface area (Å²) >= 11 is 0.574. The second-order valence-corrected chi connectivity index (χ2v) is 12.4. The SMILES string of the molecule is COc1cc(N=Nc2c(SOOO)cc3cc(Nc4ccccc4)ccc3c2O)c(O)cc1N=Nc1ccc2cccc(S(=O)(=O)O)c2c1. The highest BCUT2D eigenvalue weighted by Gasteiger charge is 2.17. The molecule has 0 unspecified atom stereocenters. The predicted octanol–water partition coefficient (Wildman–Crippen LogP) is 9.66. The number of aromatic hydroxyl groups is 2. The zero-order valence-corrected chi connectivity index (χ0v) is 26.9. The Hall–Kier alpha value is -5.62. The molecule has 0 heterocycles. The third-order valence-corrected chi connectivity index (χ3v) is 8.71. The summed E-state index contributed by atoms with van der Waals surface area (Å²) in [5.74, 6) is -0.449. The van der Waals surface area contributed by atoms with Crippen LogP contribution < -0.4 is 10.1 Å². The molecule has 0 saturated carbocycles. The van der Waals surface area contributed by atoms with Crippen molar-refractivity contribution in [1.82, 2.24) is 0 Å². The first kappa shape index (κ1) is 33.3. The van der Waals surface area contributed by atoms with Crippen LogP contribution in [0, 0.1) is 0 Å². The monoisotopic (exact) mass is 699 g/mol. The van der Waals surface area contributed by atoms with Crippen LogP contribution in [0.15, 0.2) is 133 Å². The number of benzene rings is 6. The highest BCUT2D eigenvalue weighted by atomic mass is 32.2. The maximum Gasteiger partial charge on any atom is 0.295 e. The van der Waals surface area contributed by atoms with Gasteiger partial charge in [-0.3, -0.25) is 4.55 Å². The van der Waals surface area contributed by atoms with E-state index < -0.39 is 10.1 Å². The average molecular weight is 700 g/mol. The number of nitrogens with zero attached hydrogens (tertiary/aromatic N) is 4. The molecule has 248 valence electrons. The van der Waals surface area contributed by atoms with Gasteiger partial charge in [0.25, 0.3) is 10.1 Å². The van der Waals surface area contributed by atoms with E-state index in [1.807, 2.05) is 36.4 Å². The van der Waals surface area contributed by atoms with Gasteiger partial charge in [-0.1, -0.05) is 41.4 Å². The van der Waals surface area contributed by atoms with Gasteiger partial charge in [-0.2, -0.15) is 13.5 Å². The summed E-state index contributed by atoms with van der Waals surface area (Å²) in [6, 6.07) is 28.2. The van der Waals surface area contributed by atoms with Crippen molar-refractivity contribution in [3.05, 3.63) is 103 Å². The molecule has 6 aromatic carbocycles. The van der Waals surface area contributed by atoms with Gasteiger partial charge >= 0.3 is 0 Å². The number of hydrogen-bond donors (Lipinski definition) is 5. The van der Waals surface area contributed by atoms with Gasteiger partial charge in [0.1, 0.15) is 33.5 Å². The molecule has 6 aromatic rings. The number of azo groups is 2. The van der Waals surface area contributed by atoms with Gasteiger partial charge in [-0.15, -0.1) is 19.7 Å². The van der Waals surface area contributed by atoms with Crippen molar-refractivity contribution < 1.29 is 42.5 Å². The smallest absolute Gasteiger partial charge is 0.295 e. The molecule has 14 nitrogen and oxygen atoms in total. The third kappa shape index (κ3) is 7.44. The van der Waals surface area contributed by atoms with E-state index in [-0.39, 0.29) is 55.2 Å². The van der Waals surface area contributed by atoms with Crippen molar-refractivity contribution in [2.24, 2.45) is 20.5 Å². The second-order valence-electron chi connectivity index (χ2n) is 10.3. The number of para-hydroxylation sites is 1. The molecule has 6 rings (SSSR count). The van der Waals surface area contributed by atoms with Crippen LogP contribution in [0.3, 0.4) is 0 Å². The molecule has 5 N–H and O–H groups in total. The van der Waals surface area contributed by atoms with Gasteiger partial charge in [-0.25, -0.2) is 5.26 Å². The standard InChI is InChI=1S/C33H25N5O9S2/c1-45-29-18-26(28(39)17-27(29)37-35-23-11-10-19-6-5-9-31(25(19)16-23)49(42,43)44)36-38-32-30(48-47-46-41)15-20-14-22(12-13-24(20)33(32)40)34-21-7-3-2-4-8-21/h2-18,34,39-41H,1H3,(H,42,43,44). The molecule has 16 heteroatoms. The summed E-state index contributed by atoms with van der Waals surface area (Å²) in [7, 11) is -3.11. The molecule has 0 saturated heterocycles. The molecule has 0 bridgehead atoms. The van der Waals surface area contributed by atoms with E-state index >= 15 is 0 Å². The van der Waals surface area contributed by atoms with Crippen LogP contribution in [0.4, 0.5) is 34.1 Å². The number of phenolic OH excluding ortho intramolecular Hbond substituents is 2. The summed E-state index contributed by atoms with van der Waals surface area (Å²) in [5, 5.41) is 56.3. The van der Waals surface area contributed by atoms with E-state index in [1.165, 1.54) is 37.4 Å². The molecular weight excluding hydrogens is 675 g/mol. The zero-order valence-electron chi connectivity index (χ0n) is 25.3. The van der Waals surface area contributed by atoms with E-state index in [9.17, 15) is 23.2 Å². The van der Waals surface area contributed by atoms with Gasteiger partial charge in [0, 0.05) is 34.3 Å². The van der Waals surface area contributed by atoms with E-state index in [4.69, 9.17) is 9.99 Å². The van der Waals surface area contributed by atoms with E-state index in [1.54, 1.807) is 36.4 Å². The molecule has 0 aliphatic carbocycles. The Morgan fingerprint density at radius 2 is 1.53 bits per heavy atom. The summed E-state index contributed by atoms with van der Waals surface area (Å²) in [6.07, 6.45) is 0. The topological polar surface area (TPSA) is 204 Å². The number of anilines is 2. The molecule has 0 atom stereocenters. The lowest BCUT2D eigenvalue weighted by Crippen LogP contribution is -1.98. The van der Waals surface area contributed by atoms with Gasteiger partial charge < -0.3 is 20.3 Å². The van der Waals surface area contributed by atoms with Crippen LogP contribution in [0.2, 0.25) is 0 Å². The van der Waals surface area contributed by atoms with Crippen LogP contribution in [0.5, 0.6) is 17.2 Å². The lowest BCUT2D eigenvalue weighted by Gasteiger charge is -2.12. The first-order chi connectivity index (χ1) is 23.6. The van der Waals surface area contributed by atoms with Gasteiger partial charge in [-0.05, 0) is 65.4 Å². The maximum absolute atomic E-state index is 11.8. The molecule has 0 spiro atoms. The van der Waals surface area contributed by atoms with Crippen molar-refractivity contribution in [3.8, 4) is 17.2 Å². The Labute approximate surface area is 282 Å². The fourth-order valence-electron chi connectivity index (χ4n) is 4.93. The largest absolute Gasteiger partial charge is 0.506 e. The fraction of sp³-hybridized carbons (Fsp3) is 0.0303. The van der Waals surface area contributed by atoms with Crippen LogP contribution in [-0.2, 0) is 19.5 Å². The summed E-state index contributed by atoms with van der Waals surface area (Å²) < 4.78 is 43.4. The van der Waals surface area contributed by atoms with Crippen molar-refractivity contribution in [3.63, 3.8) is 0 Å². The molecule has 0 fully saturated rings. The van der Waals surface area contributed by atoms with Crippen LogP contribution in [0.1, 0.15) is 0 Å². The highest BCUT2D eigenvalue weighted by molar-refractivity contribution is 7.94.